The Morgan fingerprint density at radius 2 is 2.04 bits per heavy atom. The summed E-state index contributed by atoms with van der Waals surface area (Å²) in [7, 11) is 1.93. The fourth-order valence-electron chi connectivity index (χ4n) is 2.69. The van der Waals surface area contributed by atoms with Gasteiger partial charge in [0.05, 0.1) is 10.2 Å². The minimum absolute atomic E-state index is 0.189. The molecule has 0 bridgehead atoms. The van der Waals surface area contributed by atoms with Gasteiger partial charge in [0.15, 0.2) is 16.3 Å². The maximum atomic E-state index is 12.5. The maximum Gasteiger partial charge on any atom is 0.279 e. The van der Waals surface area contributed by atoms with Crippen molar-refractivity contribution in [3.8, 4) is 11.5 Å². The van der Waals surface area contributed by atoms with Gasteiger partial charge in [0, 0.05) is 12.6 Å². The first-order chi connectivity index (χ1) is 11.1. The molecule has 23 heavy (non-hydrogen) atoms. The molecule has 1 aliphatic heterocycles. The number of rotatable bonds is 1. The zero-order valence-corrected chi connectivity index (χ0v) is 13.5. The van der Waals surface area contributed by atoms with Crippen LogP contribution in [-0.2, 0) is 7.05 Å². The average Bonchev–Trinajstić information content (AvgIpc) is 3.12. The quantitative estimate of drug-likeness (QED) is 0.691. The number of hydrogen-bond donors (Lipinski definition) is 0. The Kier molecular flexibility index (Phi) is 3.20. The number of carbonyl (C=O) groups is 1. The van der Waals surface area contributed by atoms with Gasteiger partial charge in [-0.05, 0) is 36.8 Å². The summed E-state index contributed by atoms with van der Waals surface area (Å²) in [5, 5.41) is 0. The first-order valence-electron chi connectivity index (χ1n) is 7.17. The van der Waals surface area contributed by atoms with E-state index in [9.17, 15) is 4.79 Å². The first-order valence-corrected chi connectivity index (χ1v) is 7.99. The molecular formula is C17H14N2O3S. The Labute approximate surface area is 136 Å². The van der Waals surface area contributed by atoms with Crippen molar-refractivity contribution in [2.45, 2.75) is 6.92 Å². The van der Waals surface area contributed by atoms with Crippen molar-refractivity contribution in [3.63, 3.8) is 0 Å². The smallest absolute Gasteiger partial charge is 0.279 e. The molecule has 0 saturated carbocycles. The van der Waals surface area contributed by atoms with Gasteiger partial charge in [0.2, 0.25) is 6.79 Å². The molecule has 0 aliphatic carbocycles. The minimum atomic E-state index is -0.289. The Morgan fingerprint density at radius 1 is 1.22 bits per heavy atom. The summed E-state index contributed by atoms with van der Waals surface area (Å²) < 4.78 is 13.6. The van der Waals surface area contributed by atoms with Crippen LogP contribution in [0.25, 0.3) is 10.2 Å². The lowest BCUT2D eigenvalue weighted by Crippen LogP contribution is -2.13. The van der Waals surface area contributed by atoms with Crippen LogP contribution >= 0.6 is 11.3 Å². The average molecular weight is 326 g/mol. The van der Waals surface area contributed by atoms with Crippen molar-refractivity contribution in [1.82, 2.24) is 4.57 Å². The molecule has 2 aromatic carbocycles. The van der Waals surface area contributed by atoms with E-state index in [1.807, 2.05) is 23.7 Å². The molecule has 3 aromatic rings. The number of nitrogens with zero attached hydrogens (tertiary/aromatic N) is 2. The van der Waals surface area contributed by atoms with Gasteiger partial charge in [-0.1, -0.05) is 23.5 Å². The topological polar surface area (TPSA) is 52.8 Å². The zero-order valence-electron chi connectivity index (χ0n) is 12.7. The molecule has 1 amide bonds. The third kappa shape index (κ3) is 2.31. The van der Waals surface area contributed by atoms with Crippen molar-refractivity contribution in [2.24, 2.45) is 12.0 Å². The summed E-state index contributed by atoms with van der Waals surface area (Å²) in [5.41, 5.74) is 2.76. The second-order valence-corrected chi connectivity index (χ2v) is 6.36. The van der Waals surface area contributed by atoms with Crippen LogP contribution in [0, 0.1) is 6.92 Å². The second-order valence-electron chi connectivity index (χ2n) is 5.35. The molecule has 0 N–H and O–H groups in total. The highest BCUT2D eigenvalue weighted by atomic mass is 32.1. The van der Waals surface area contributed by atoms with E-state index in [4.69, 9.17) is 9.47 Å². The van der Waals surface area contributed by atoms with Crippen LogP contribution in [0.5, 0.6) is 11.5 Å². The third-order valence-corrected chi connectivity index (χ3v) is 4.94. The molecule has 0 fully saturated rings. The molecule has 0 atom stereocenters. The van der Waals surface area contributed by atoms with Crippen LogP contribution in [0.15, 0.2) is 41.4 Å². The van der Waals surface area contributed by atoms with Crippen molar-refractivity contribution in [1.29, 1.82) is 0 Å². The monoisotopic (exact) mass is 326 g/mol. The molecule has 0 unspecified atom stereocenters. The van der Waals surface area contributed by atoms with E-state index >= 15 is 0 Å². The van der Waals surface area contributed by atoms with Crippen molar-refractivity contribution in [2.75, 3.05) is 6.79 Å². The third-order valence-electron chi connectivity index (χ3n) is 3.84. The number of aromatic nitrogens is 1. The second kappa shape index (κ2) is 5.24. The van der Waals surface area contributed by atoms with Crippen LogP contribution in [0.3, 0.4) is 0 Å². The number of carbonyl (C=O) groups excluding carboxylic acids is 1. The van der Waals surface area contributed by atoms with E-state index in [1.165, 1.54) is 16.9 Å². The highest BCUT2D eigenvalue weighted by Crippen LogP contribution is 2.32. The molecule has 6 heteroatoms. The van der Waals surface area contributed by atoms with Gasteiger partial charge >= 0.3 is 0 Å². The van der Waals surface area contributed by atoms with Gasteiger partial charge in [-0.2, -0.15) is 4.99 Å². The summed E-state index contributed by atoms with van der Waals surface area (Å²) in [4.78, 5) is 17.4. The van der Waals surface area contributed by atoms with Crippen LogP contribution in [0.4, 0.5) is 0 Å². The Morgan fingerprint density at radius 3 is 2.87 bits per heavy atom. The van der Waals surface area contributed by atoms with Gasteiger partial charge in [-0.3, -0.25) is 4.79 Å². The van der Waals surface area contributed by atoms with E-state index in [0.29, 0.717) is 21.9 Å². The Balaban J connectivity index is 1.80. The maximum absolute atomic E-state index is 12.5. The molecular weight excluding hydrogens is 312 g/mol. The Bertz CT molecular complexity index is 1000. The van der Waals surface area contributed by atoms with E-state index in [0.717, 1.165) is 10.2 Å². The molecule has 1 aliphatic rings. The molecule has 1 aromatic heterocycles. The first kappa shape index (κ1) is 14.0. The molecule has 0 radical (unpaired) electrons. The number of hydrogen-bond acceptors (Lipinski definition) is 4. The SMILES string of the molecule is Cc1cccc2sc(=NC(=O)c3ccc4c(c3)OCO4)n(C)c12. The van der Waals surface area contributed by atoms with E-state index in [2.05, 4.69) is 18.0 Å². The van der Waals surface area contributed by atoms with Crippen molar-refractivity contribution < 1.29 is 14.3 Å². The van der Waals surface area contributed by atoms with Gasteiger partial charge in [-0.25, -0.2) is 0 Å². The van der Waals surface area contributed by atoms with Crippen LogP contribution in [0.1, 0.15) is 15.9 Å². The number of fused-ring (bicyclic) bond motifs is 2. The molecule has 4 rings (SSSR count). The van der Waals surface area contributed by atoms with Crippen LogP contribution in [0.2, 0.25) is 0 Å². The minimum Gasteiger partial charge on any atom is -0.454 e. The number of amides is 1. The van der Waals surface area contributed by atoms with E-state index in [-0.39, 0.29) is 12.7 Å². The fourth-order valence-corrected chi connectivity index (χ4v) is 3.78. The predicted molar refractivity (Wildman–Crippen MR) is 88.0 cm³/mol. The Hall–Kier alpha value is -2.60. The lowest BCUT2D eigenvalue weighted by Gasteiger charge is -2.00. The van der Waals surface area contributed by atoms with E-state index in [1.54, 1.807) is 18.2 Å². The van der Waals surface area contributed by atoms with E-state index < -0.39 is 0 Å². The number of ether oxygens (including phenoxy) is 2. The van der Waals surface area contributed by atoms with Gasteiger partial charge < -0.3 is 14.0 Å². The largest absolute Gasteiger partial charge is 0.454 e. The molecule has 116 valence electrons. The highest BCUT2D eigenvalue weighted by Gasteiger charge is 2.16. The number of benzene rings is 2. The summed E-state index contributed by atoms with van der Waals surface area (Å²) in [6.07, 6.45) is 0. The number of para-hydroxylation sites is 1. The highest BCUT2D eigenvalue weighted by molar-refractivity contribution is 7.16. The molecule has 0 spiro atoms. The number of aryl methyl sites for hydroxylation is 2. The summed E-state index contributed by atoms with van der Waals surface area (Å²) >= 11 is 1.51. The predicted octanol–water partition coefficient (Wildman–Crippen LogP) is 3.02. The van der Waals surface area contributed by atoms with Gasteiger partial charge in [0.1, 0.15) is 0 Å². The van der Waals surface area contributed by atoms with Gasteiger partial charge in [0.25, 0.3) is 5.91 Å². The molecule has 5 nitrogen and oxygen atoms in total. The fraction of sp³-hybridized carbons (Fsp3) is 0.176. The van der Waals surface area contributed by atoms with Crippen molar-refractivity contribution >= 4 is 27.5 Å². The summed E-state index contributed by atoms with van der Waals surface area (Å²) in [6.45, 7) is 2.24. The zero-order chi connectivity index (χ0) is 16.0. The van der Waals surface area contributed by atoms with Gasteiger partial charge in [-0.15, -0.1) is 0 Å². The normalized spacial score (nSPS) is 13.7. The summed E-state index contributed by atoms with van der Waals surface area (Å²) in [5.74, 6) is 0.954. The van der Waals surface area contributed by atoms with Crippen molar-refractivity contribution in [3.05, 3.63) is 52.3 Å². The lowest BCUT2D eigenvalue weighted by molar-refractivity contribution is 0.0997. The number of thiazole rings is 1. The molecule has 0 saturated heterocycles. The lowest BCUT2D eigenvalue weighted by atomic mass is 10.2. The van der Waals surface area contributed by atoms with Crippen LogP contribution < -0.4 is 14.3 Å². The standard InChI is InChI=1S/C17H14N2O3S/c1-10-4-3-5-14-15(10)19(2)17(23-14)18-16(20)11-6-7-12-13(8-11)22-9-21-12/h3-8H,9H2,1-2H3. The van der Waals surface area contributed by atoms with Crippen LogP contribution in [-0.4, -0.2) is 17.3 Å². The molecule has 2 heterocycles. The summed E-state index contributed by atoms with van der Waals surface area (Å²) in [6, 6.07) is 11.2.